The van der Waals surface area contributed by atoms with Crippen molar-refractivity contribution in [1.82, 2.24) is 30.1 Å². The van der Waals surface area contributed by atoms with Crippen LogP contribution >= 0.6 is 0 Å². The molecule has 2 aromatic heterocycles. The predicted octanol–water partition coefficient (Wildman–Crippen LogP) is 4.70. The van der Waals surface area contributed by atoms with Crippen molar-refractivity contribution in [2.45, 2.75) is 71.7 Å². The van der Waals surface area contributed by atoms with Crippen molar-refractivity contribution in [3.05, 3.63) is 87.5 Å². The smallest absolute Gasteiger partial charge is 0.252 e. The molecule has 2 atom stereocenters. The zero-order valence-corrected chi connectivity index (χ0v) is 22.6. The van der Waals surface area contributed by atoms with Crippen molar-refractivity contribution in [1.29, 1.82) is 0 Å². The molecular weight excluding hydrogens is 476 g/mol. The quantitative estimate of drug-likeness (QED) is 0.312. The van der Waals surface area contributed by atoms with Crippen LogP contribution in [-0.4, -0.2) is 49.3 Å². The van der Waals surface area contributed by atoms with E-state index in [1.807, 2.05) is 22.9 Å². The summed E-state index contributed by atoms with van der Waals surface area (Å²) in [5, 5.41) is 14.0. The summed E-state index contributed by atoms with van der Waals surface area (Å²) in [4.78, 5) is 18.7. The van der Waals surface area contributed by atoms with Crippen LogP contribution in [0.5, 0.6) is 0 Å². The zero-order chi connectivity index (χ0) is 26.5. The van der Waals surface area contributed by atoms with E-state index < -0.39 is 0 Å². The maximum absolute atomic E-state index is 13.2. The first kappa shape index (κ1) is 26.3. The zero-order valence-electron chi connectivity index (χ0n) is 22.6. The lowest BCUT2D eigenvalue weighted by Gasteiger charge is -2.35. The Labute approximate surface area is 224 Å². The van der Waals surface area contributed by atoms with E-state index in [1.165, 1.54) is 11.1 Å². The average Bonchev–Trinajstić information content (AvgIpc) is 3.60. The number of nitrogens with one attached hydrogen (secondary N) is 1. The van der Waals surface area contributed by atoms with E-state index in [4.69, 9.17) is 4.74 Å². The second-order valence-corrected chi connectivity index (χ2v) is 10.6. The third-order valence-corrected chi connectivity index (χ3v) is 7.53. The topological polar surface area (TPSA) is 88.9 Å². The van der Waals surface area contributed by atoms with E-state index in [2.05, 4.69) is 82.6 Å². The van der Waals surface area contributed by atoms with E-state index in [9.17, 15) is 4.79 Å². The second-order valence-electron chi connectivity index (χ2n) is 10.6. The molecule has 0 saturated carbocycles. The predicted molar refractivity (Wildman–Crippen MR) is 149 cm³/mol. The van der Waals surface area contributed by atoms with Crippen LogP contribution in [0.25, 0.3) is 10.9 Å². The van der Waals surface area contributed by atoms with Gasteiger partial charge in [-0.15, -0.1) is 5.10 Å². The Morgan fingerprint density at radius 2 is 1.97 bits per heavy atom. The minimum atomic E-state index is -0.0675. The number of ether oxygens (including phenoxy) is 1. The molecule has 1 fully saturated rings. The first-order valence-corrected chi connectivity index (χ1v) is 13.8. The minimum absolute atomic E-state index is 0.0507. The summed E-state index contributed by atoms with van der Waals surface area (Å²) >= 11 is 0. The Bertz CT molecular complexity index is 1390. The van der Waals surface area contributed by atoms with E-state index in [0.717, 1.165) is 61.1 Å². The number of nitrogens with zero attached hydrogens (tertiary/aromatic N) is 5. The fraction of sp³-hybridized carbons (Fsp3) is 0.467. The maximum Gasteiger partial charge on any atom is 0.252 e. The molecule has 0 spiro atoms. The summed E-state index contributed by atoms with van der Waals surface area (Å²) in [5.74, 6) is 1.06. The van der Waals surface area contributed by atoms with Gasteiger partial charge in [-0.1, -0.05) is 57.2 Å². The highest BCUT2D eigenvalue weighted by Crippen LogP contribution is 2.30. The lowest BCUT2D eigenvalue weighted by molar-refractivity contribution is 0.0384. The van der Waals surface area contributed by atoms with Crippen LogP contribution in [0.2, 0.25) is 0 Å². The average molecular weight is 515 g/mol. The van der Waals surface area contributed by atoms with Gasteiger partial charge in [-0.25, -0.2) is 4.68 Å². The number of aromatic nitrogens is 5. The highest BCUT2D eigenvalue weighted by atomic mass is 16.5. The molecule has 0 aliphatic carbocycles. The van der Waals surface area contributed by atoms with E-state index in [0.29, 0.717) is 13.1 Å². The van der Waals surface area contributed by atoms with Gasteiger partial charge in [0.2, 0.25) is 0 Å². The number of pyridine rings is 1. The third-order valence-electron chi connectivity index (χ3n) is 7.53. The lowest BCUT2D eigenvalue weighted by Crippen LogP contribution is -2.40. The lowest BCUT2D eigenvalue weighted by atomic mass is 9.99. The van der Waals surface area contributed by atoms with Crippen molar-refractivity contribution in [2.24, 2.45) is 5.92 Å². The number of hydrogen-bond acceptors (Lipinski definition) is 6. The summed E-state index contributed by atoms with van der Waals surface area (Å²) in [6.07, 6.45) is 4.02. The van der Waals surface area contributed by atoms with Crippen molar-refractivity contribution >= 4 is 10.9 Å². The van der Waals surface area contributed by atoms with Gasteiger partial charge in [0.1, 0.15) is 0 Å². The number of aryl methyl sites for hydroxylation is 3. The fourth-order valence-corrected chi connectivity index (χ4v) is 5.53. The van der Waals surface area contributed by atoms with Crippen molar-refractivity contribution < 1.29 is 4.74 Å². The Morgan fingerprint density at radius 3 is 2.71 bits per heavy atom. The van der Waals surface area contributed by atoms with Crippen LogP contribution in [0.1, 0.15) is 62.2 Å². The first-order valence-electron chi connectivity index (χ1n) is 13.8. The number of tetrazole rings is 1. The van der Waals surface area contributed by atoms with Gasteiger partial charge in [0.25, 0.3) is 5.56 Å². The van der Waals surface area contributed by atoms with Gasteiger partial charge in [0, 0.05) is 37.3 Å². The van der Waals surface area contributed by atoms with Crippen LogP contribution in [0.4, 0.5) is 0 Å². The van der Waals surface area contributed by atoms with Gasteiger partial charge in [-0.3, -0.25) is 9.69 Å². The molecule has 0 radical (unpaired) electrons. The minimum Gasteiger partial charge on any atom is -0.377 e. The number of H-pyrrole nitrogens is 1. The molecule has 2 aromatic carbocycles. The molecule has 0 amide bonds. The van der Waals surface area contributed by atoms with Crippen LogP contribution in [0, 0.1) is 5.92 Å². The van der Waals surface area contributed by atoms with Crippen molar-refractivity contribution in [3.8, 4) is 0 Å². The first-order chi connectivity index (χ1) is 18.5. The monoisotopic (exact) mass is 514 g/mol. The van der Waals surface area contributed by atoms with Crippen molar-refractivity contribution in [2.75, 3.05) is 13.2 Å². The summed E-state index contributed by atoms with van der Waals surface area (Å²) in [6.45, 7) is 9.24. The molecular formula is C30H38N6O2. The van der Waals surface area contributed by atoms with Crippen LogP contribution in [0.15, 0.2) is 59.4 Å². The molecule has 8 heteroatoms. The van der Waals surface area contributed by atoms with Crippen molar-refractivity contribution in [3.63, 3.8) is 0 Å². The van der Waals surface area contributed by atoms with Gasteiger partial charge in [-0.2, -0.15) is 0 Å². The largest absolute Gasteiger partial charge is 0.377 e. The van der Waals surface area contributed by atoms with Gasteiger partial charge >= 0.3 is 0 Å². The fourth-order valence-electron chi connectivity index (χ4n) is 5.53. The molecule has 38 heavy (non-hydrogen) atoms. The molecule has 0 unspecified atom stereocenters. The van der Waals surface area contributed by atoms with Gasteiger partial charge < -0.3 is 9.72 Å². The number of fused-ring (bicyclic) bond motifs is 1. The van der Waals surface area contributed by atoms with Crippen LogP contribution < -0.4 is 5.56 Å². The molecule has 3 heterocycles. The number of hydrogen-bond donors (Lipinski definition) is 1. The molecule has 1 saturated heterocycles. The SMILES string of the molecule is CCc1ccc2[nH]c(=O)c(CN(C[C@H]3CCCO3)[C@@H](c3nnnn3CCc3ccccc3)C(C)C)cc2c1. The summed E-state index contributed by atoms with van der Waals surface area (Å²) < 4.78 is 7.98. The molecule has 200 valence electrons. The van der Waals surface area contributed by atoms with Gasteiger partial charge in [-0.05, 0) is 76.7 Å². The highest BCUT2D eigenvalue weighted by molar-refractivity contribution is 5.79. The summed E-state index contributed by atoms with van der Waals surface area (Å²) in [7, 11) is 0. The number of benzene rings is 2. The maximum atomic E-state index is 13.2. The Balaban J connectivity index is 1.47. The normalized spacial score (nSPS) is 16.6. The molecule has 1 N–H and O–H groups in total. The Kier molecular flexibility index (Phi) is 8.29. The van der Waals surface area contributed by atoms with E-state index >= 15 is 0 Å². The molecule has 8 nitrogen and oxygen atoms in total. The molecule has 1 aliphatic rings. The molecule has 0 bridgehead atoms. The molecule has 5 rings (SSSR count). The molecule has 1 aliphatic heterocycles. The van der Waals surface area contributed by atoms with E-state index in [1.54, 1.807) is 0 Å². The number of aromatic amines is 1. The molecule has 4 aromatic rings. The Hall–Kier alpha value is -3.36. The van der Waals surface area contributed by atoms with Crippen LogP contribution in [-0.2, 0) is 30.7 Å². The van der Waals surface area contributed by atoms with Gasteiger partial charge in [0.15, 0.2) is 5.82 Å². The summed E-state index contributed by atoms with van der Waals surface area (Å²) in [5.41, 5.74) is 4.07. The highest BCUT2D eigenvalue weighted by Gasteiger charge is 2.32. The third kappa shape index (κ3) is 6.03. The second kappa shape index (κ2) is 12.0. The van der Waals surface area contributed by atoms with Crippen LogP contribution in [0.3, 0.4) is 0 Å². The van der Waals surface area contributed by atoms with Gasteiger partial charge in [0.05, 0.1) is 12.1 Å². The Morgan fingerprint density at radius 1 is 1.13 bits per heavy atom. The standard InChI is InChI=1S/C30H38N6O2/c1-4-22-12-13-27-24(17-22)18-25(30(37)31-27)19-35(20-26-11-8-16-38-26)28(21(2)3)29-32-33-34-36(29)15-14-23-9-6-5-7-10-23/h5-7,9-10,12-13,17-18,21,26,28H,4,8,11,14-16,19-20H2,1-3H3,(H,31,37)/t26-,28-/m1/s1. The van der Waals surface area contributed by atoms with E-state index in [-0.39, 0.29) is 23.6 Å². The summed E-state index contributed by atoms with van der Waals surface area (Å²) in [6, 6.07) is 18.6. The number of rotatable bonds is 11.